The molecule has 1 aromatic rings. The van der Waals surface area contributed by atoms with Crippen LogP contribution in [0.5, 0.6) is 0 Å². The van der Waals surface area contributed by atoms with E-state index in [0.29, 0.717) is 12.1 Å². The molecule has 2 unspecified atom stereocenters. The Hall–Kier alpha value is -1.84. The van der Waals surface area contributed by atoms with Crippen LogP contribution >= 0.6 is 0 Å². The van der Waals surface area contributed by atoms with Crippen LogP contribution in [-0.2, 0) is 4.79 Å². The molecule has 0 heterocycles. The number of aliphatic carboxylic acids is 1. The third-order valence-corrected chi connectivity index (χ3v) is 3.79. The Morgan fingerprint density at radius 1 is 1.16 bits per heavy atom. The third-order valence-electron chi connectivity index (χ3n) is 3.79. The minimum atomic E-state index is -0.737. The van der Waals surface area contributed by atoms with E-state index < -0.39 is 5.97 Å². The van der Waals surface area contributed by atoms with Crippen molar-refractivity contribution in [3.05, 3.63) is 35.9 Å². The van der Waals surface area contributed by atoms with Crippen LogP contribution in [0.2, 0.25) is 0 Å². The smallest absolute Gasteiger partial charge is 0.306 e. The summed E-state index contributed by atoms with van der Waals surface area (Å²) in [7, 11) is 0. The first kappa shape index (κ1) is 13.6. The van der Waals surface area contributed by atoms with Crippen LogP contribution in [0.15, 0.2) is 30.3 Å². The largest absolute Gasteiger partial charge is 0.481 e. The van der Waals surface area contributed by atoms with E-state index in [2.05, 4.69) is 5.32 Å². The zero-order chi connectivity index (χ0) is 13.7. The van der Waals surface area contributed by atoms with Gasteiger partial charge in [0, 0.05) is 12.1 Å². The monoisotopic (exact) mass is 261 g/mol. The molecule has 0 bridgehead atoms. The Morgan fingerprint density at radius 3 is 2.53 bits per heavy atom. The Bertz CT molecular complexity index is 444. The highest BCUT2D eigenvalue weighted by molar-refractivity contribution is 5.94. The summed E-state index contributed by atoms with van der Waals surface area (Å²) in [6.07, 6.45) is 3.63. The summed E-state index contributed by atoms with van der Waals surface area (Å²) in [4.78, 5) is 23.1. The van der Waals surface area contributed by atoms with E-state index in [0.717, 1.165) is 25.7 Å². The quantitative estimate of drug-likeness (QED) is 0.874. The number of carboxylic acids is 1. The average Bonchev–Trinajstić information content (AvgIpc) is 2.46. The van der Waals surface area contributed by atoms with E-state index in [1.54, 1.807) is 12.1 Å². The first-order chi connectivity index (χ1) is 9.18. The van der Waals surface area contributed by atoms with Crippen LogP contribution in [0.1, 0.15) is 36.0 Å². The van der Waals surface area contributed by atoms with Gasteiger partial charge in [0.25, 0.3) is 5.91 Å². The molecule has 0 aromatic heterocycles. The fourth-order valence-corrected chi connectivity index (χ4v) is 2.69. The molecule has 0 radical (unpaired) electrons. The summed E-state index contributed by atoms with van der Waals surface area (Å²) >= 11 is 0. The van der Waals surface area contributed by atoms with Crippen molar-refractivity contribution in [2.24, 2.45) is 11.8 Å². The molecular weight excluding hydrogens is 242 g/mol. The number of carboxylic acid groups (broad SMARTS) is 1. The number of amides is 1. The molecule has 102 valence electrons. The van der Waals surface area contributed by atoms with Crippen LogP contribution in [0, 0.1) is 11.8 Å². The molecule has 0 aliphatic heterocycles. The molecule has 1 fully saturated rings. The molecule has 2 N–H and O–H groups in total. The normalized spacial score (nSPS) is 22.7. The zero-order valence-corrected chi connectivity index (χ0v) is 10.8. The van der Waals surface area contributed by atoms with Gasteiger partial charge in [-0.05, 0) is 30.9 Å². The summed E-state index contributed by atoms with van der Waals surface area (Å²) in [5, 5.41) is 12.0. The lowest BCUT2D eigenvalue weighted by atomic mass is 9.79. The molecule has 1 aromatic carbocycles. The number of hydrogen-bond acceptors (Lipinski definition) is 2. The van der Waals surface area contributed by atoms with Gasteiger partial charge in [0.2, 0.25) is 0 Å². The topological polar surface area (TPSA) is 66.4 Å². The van der Waals surface area contributed by atoms with Crippen molar-refractivity contribution < 1.29 is 14.7 Å². The highest BCUT2D eigenvalue weighted by Crippen LogP contribution is 2.29. The van der Waals surface area contributed by atoms with E-state index in [1.807, 2.05) is 18.2 Å². The fraction of sp³-hybridized carbons (Fsp3) is 0.467. The van der Waals surface area contributed by atoms with Crippen LogP contribution in [0.25, 0.3) is 0 Å². The maximum Gasteiger partial charge on any atom is 0.306 e. The van der Waals surface area contributed by atoms with E-state index in [9.17, 15) is 14.7 Å². The summed E-state index contributed by atoms with van der Waals surface area (Å²) in [5.74, 6) is -1.13. The SMILES string of the molecule is O=C(NCC1CCCCC1C(=O)O)c1ccccc1. The second-order valence-corrected chi connectivity index (χ2v) is 5.07. The van der Waals surface area contributed by atoms with Crippen LogP contribution < -0.4 is 5.32 Å². The average molecular weight is 261 g/mol. The van der Waals surface area contributed by atoms with Gasteiger partial charge in [-0.25, -0.2) is 0 Å². The highest BCUT2D eigenvalue weighted by atomic mass is 16.4. The van der Waals surface area contributed by atoms with Gasteiger partial charge in [0.15, 0.2) is 0 Å². The second-order valence-electron chi connectivity index (χ2n) is 5.07. The first-order valence-electron chi connectivity index (χ1n) is 6.74. The Kier molecular flexibility index (Phi) is 4.55. The van der Waals surface area contributed by atoms with Crippen molar-refractivity contribution in [1.29, 1.82) is 0 Å². The van der Waals surface area contributed by atoms with E-state index >= 15 is 0 Å². The second kappa shape index (κ2) is 6.36. The molecular formula is C15H19NO3. The van der Waals surface area contributed by atoms with Crippen molar-refractivity contribution in [3.8, 4) is 0 Å². The molecule has 1 saturated carbocycles. The van der Waals surface area contributed by atoms with Crippen molar-refractivity contribution >= 4 is 11.9 Å². The molecule has 4 nitrogen and oxygen atoms in total. The van der Waals surface area contributed by atoms with E-state index in [4.69, 9.17) is 0 Å². The van der Waals surface area contributed by atoms with E-state index in [-0.39, 0.29) is 17.7 Å². The summed E-state index contributed by atoms with van der Waals surface area (Å²) in [6, 6.07) is 9.00. The zero-order valence-electron chi connectivity index (χ0n) is 10.8. The van der Waals surface area contributed by atoms with Crippen LogP contribution in [-0.4, -0.2) is 23.5 Å². The van der Waals surface area contributed by atoms with Gasteiger partial charge < -0.3 is 10.4 Å². The first-order valence-corrected chi connectivity index (χ1v) is 6.74. The minimum Gasteiger partial charge on any atom is -0.481 e. The van der Waals surface area contributed by atoms with Gasteiger partial charge in [-0.1, -0.05) is 31.0 Å². The minimum absolute atomic E-state index is 0.0545. The van der Waals surface area contributed by atoms with Crippen molar-refractivity contribution in [3.63, 3.8) is 0 Å². The van der Waals surface area contributed by atoms with Crippen LogP contribution in [0.4, 0.5) is 0 Å². The predicted molar refractivity (Wildman–Crippen MR) is 71.9 cm³/mol. The number of hydrogen-bond donors (Lipinski definition) is 2. The molecule has 2 rings (SSSR count). The maximum atomic E-state index is 11.9. The molecule has 0 saturated heterocycles. The Balaban J connectivity index is 1.90. The summed E-state index contributed by atoms with van der Waals surface area (Å²) in [5.41, 5.74) is 0.616. The standard InChI is InChI=1S/C15H19NO3/c17-14(11-6-2-1-3-7-11)16-10-12-8-4-5-9-13(12)15(18)19/h1-3,6-7,12-13H,4-5,8-10H2,(H,16,17)(H,18,19). The van der Waals surface area contributed by atoms with Crippen molar-refractivity contribution in [1.82, 2.24) is 5.32 Å². The Labute approximate surface area is 112 Å². The number of carbonyl (C=O) groups is 2. The molecule has 2 atom stereocenters. The molecule has 1 aliphatic rings. The fourth-order valence-electron chi connectivity index (χ4n) is 2.69. The summed E-state index contributed by atoms with van der Waals surface area (Å²) < 4.78 is 0. The van der Waals surface area contributed by atoms with Gasteiger partial charge in [0.1, 0.15) is 0 Å². The number of nitrogens with one attached hydrogen (secondary N) is 1. The number of rotatable bonds is 4. The highest BCUT2D eigenvalue weighted by Gasteiger charge is 2.30. The maximum absolute atomic E-state index is 11.9. The van der Waals surface area contributed by atoms with Crippen LogP contribution in [0.3, 0.4) is 0 Å². The molecule has 1 aliphatic carbocycles. The predicted octanol–water partition coefficient (Wildman–Crippen LogP) is 2.31. The molecule has 4 heteroatoms. The number of benzene rings is 1. The molecule has 19 heavy (non-hydrogen) atoms. The summed E-state index contributed by atoms with van der Waals surface area (Å²) in [6.45, 7) is 0.449. The third kappa shape index (κ3) is 3.56. The lowest BCUT2D eigenvalue weighted by Gasteiger charge is -2.28. The lowest BCUT2D eigenvalue weighted by Crippen LogP contribution is -2.37. The van der Waals surface area contributed by atoms with Crippen molar-refractivity contribution in [2.45, 2.75) is 25.7 Å². The molecule has 0 spiro atoms. The Morgan fingerprint density at radius 2 is 1.84 bits per heavy atom. The van der Waals surface area contributed by atoms with Gasteiger partial charge in [-0.2, -0.15) is 0 Å². The van der Waals surface area contributed by atoms with Gasteiger partial charge >= 0.3 is 5.97 Å². The lowest BCUT2D eigenvalue weighted by molar-refractivity contribution is -0.144. The van der Waals surface area contributed by atoms with Gasteiger partial charge in [-0.15, -0.1) is 0 Å². The van der Waals surface area contributed by atoms with E-state index in [1.165, 1.54) is 0 Å². The van der Waals surface area contributed by atoms with Gasteiger partial charge in [-0.3, -0.25) is 9.59 Å². The molecule has 1 amide bonds. The van der Waals surface area contributed by atoms with Crippen molar-refractivity contribution in [2.75, 3.05) is 6.54 Å². The number of carbonyl (C=O) groups excluding carboxylic acids is 1. The van der Waals surface area contributed by atoms with Gasteiger partial charge in [0.05, 0.1) is 5.92 Å².